The van der Waals surface area contributed by atoms with Crippen LogP contribution in [0.1, 0.15) is 43.5 Å². The van der Waals surface area contributed by atoms with Gasteiger partial charge in [-0.15, -0.1) is 0 Å². The molecule has 2 N–H and O–H groups in total. The third kappa shape index (κ3) is 6.52. The Balaban J connectivity index is 2.07. The number of carbonyl (C=O) groups is 2. The van der Waals surface area contributed by atoms with Crippen LogP contribution < -0.4 is 10.6 Å². The monoisotopic (exact) mass is 439 g/mol. The van der Waals surface area contributed by atoms with E-state index in [0.29, 0.717) is 51.1 Å². The number of ether oxygens (including phenoxy) is 1. The fraction of sp³-hybridized carbons (Fsp3) is 0.619. The van der Waals surface area contributed by atoms with E-state index in [4.69, 9.17) is 4.74 Å². The summed E-state index contributed by atoms with van der Waals surface area (Å²) in [6, 6.07) is 8.03. The van der Waals surface area contributed by atoms with Crippen LogP contribution in [0, 0.1) is 5.92 Å². The van der Waals surface area contributed by atoms with Crippen LogP contribution in [-0.2, 0) is 19.6 Å². The maximum Gasteiger partial charge on any atom is 0.251 e. The number of benzene rings is 1. The molecule has 8 nitrogen and oxygen atoms in total. The molecule has 0 aromatic heterocycles. The zero-order chi connectivity index (χ0) is 22.1. The molecule has 168 valence electrons. The number of carbonyl (C=O) groups excluding carboxylic acids is 2. The molecule has 0 bridgehead atoms. The summed E-state index contributed by atoms with van der Waals surface area (Å²) in [7, 11) is -1.72. The Labute approximate surface area is 179 Å². The van der Waals surface area contributed by atoms with Crippen molar-refractivity contribution in [2.45, 2.75) is 44.4 Å². The van der Waals surface area contributed by atoms with Crippen LogP contribution in [-0.4, -0.2) is 69.2 Å². The van der Waals surface area contributed by atoms with E-state index in [1.165, 1.54) is 4.31 Å². The first-order valence-corrected chi connectivity index (χ1v) is 11.9. The summed E-state index contributed by atoms with van der Waals surface area (Å²) in [4.78, 5) is 25.5. The molecule has 1 saturated heterocycles. The third-order valence-corrected chi connectivity index (χ3v) is 7.63. The number of nitrogens with zero attached hydrogens (tertiary/aromatic N) is 1. The van der Waals surface area contributed by atoms with Gasteiger partial charge in [0.1, 0.15) is 6.04 Å². The number of piperidine rings is 1. The van der Waals surface area contributed by atoms with Crippen molar-refractivity contribution in [1.82, 2.24) is 14.9 Å². The first-order valence-electron chi connectivity index (χ1n) is 10.4. The minimum atomic E-state index is -3.32. The molecule has 0 radical (unpaired) electrons. The Morgan fingerprint density at radius 1 is 1.17 bits per heavy atom. The van der Waals surface area contributed by atoms with Gasteiger partial charge in [0.05, 0.1) is 5.25 Å². The topological polar surface area (TPSA) is 105 Å². The molecule has 2 rings (SSSR count). The summed E-state index contributed by atoms with van der Waals surface area (Å²) in [6.07, 6.45) is 1.70. The number of hydrogen-bond donors (Lipinski definition) is 2. The minimum absolute atomic E-state index is 0.140. The van der Waals surface area contributed by atoms with Crippen molar-refractivity contribution in [3.05, 3.63) is 35.9 Å². The Kier molecular flexibility index (Phi) is 9.26. The highest BCUT2D eigenvalue weighted by Gasteiger charge is 2.36. The van der Waals surface area contributed by atoms with Crippen LogP contribution in [0.3, 0.4) is 0 Å². The number of methoxy groups -OCH3 is 1. The highest BCUT2D eigenvalue weighted by molar-refractivity contribution is 7.89. The van der Waals surface area contributed by atoms with Crippen LogP contribution in [0.15, 0.2) is 30.3 Å². The molecule has 2 amide bonds. The van der Waals surface area contributed by atoms with Crippen molar-refractivity contribution in [2.75, 3.05) is 33.4 Å². The van der Waals surface area contributed by atoms with Crippen molar-refractivity contribution >= 4 is 21.8 Å². The Morgan fingerprint density at radius 2 is 1.80 bits per heavy atom. The maximum atomic E-state index is 12.9. The molecule has 9 heteroatoms. The summed E-state index contributed by atoms with van der Waals surface area (Å²) in [5, 5.41) is 5.26. The van der Waals surface area contributed by atoms with Crippen molar-refractivity contribution in [3.8, 4) is 0 Å². The molecule has 1 unspecified atom stereocenters. The molecule has 0 aliphatic carbocycles. The Hall–Kier alpha value is -1.97. The van der Waals surface area contributed by atoms with E-state index in [9.17, 15) is 18.0 Å². The molecule has 1 aliphatic rings. The van der Waals surface area contributed by atoms with E-state index in [2.05, 4.69) is 10.6 Å². The van der Waals surface area contributed by atoms with Crippen LogP contribution in [0.2, 0.25) is 0 Å². The van der Waals surface area contributed by atoms with Gasteiger partial charge in [0.2, 0.25) is 15.9 Å². The van der Waals surface area contributed by atoms with Crippen molar-refractivity contribution < 1.29 is 22.7 Å². The third-order valence-electron chi connectivity index (χ3n) is 5.36. The molecule has 30 heavy (non-hydrogen) atoms. The van der Waals surface area contributed by atoms with Gasteiger partial charge in [0.15, 0.2) is 0 Å². The molecular formula is C21H33N3O5S. The van der Waals surface area contributed by atoms with E-state index in [0.717, 1.165) is 0 Å². The zero-order valence-electron chi connectivity index (χ0n) is 18.0. The van der Waals surface area contributed by atoms with Crippen molar-refractivity contribution in [3.63, 3.8) is 0 Å². The van der Waals surface area contributed by atoms with E-state index < -0.39 is 21.3 Å². The minimum Gasteiger partial charge on any atom is -0.385 e. The van der Waals surface area contributed by atoms with Crippen LogP contribution in [0.25, 0.3) is 0 Å². The van der Waals surface area contributed by atoms with Crippen molar-refractivity contribution in [2.24, 2.45) is 5.92 Å². The average molecular weight is 440 g/mol. The fourth-order valence-corrected chi connectivity index (χ4v) is 4.83. The molecule has 1 fully saturated rings. The second-order valence-corrected chi connectivity index (χ2v) is 10.3. The molecule has 1 atom stereocenters. The lowest BCUT2D eigenvalue weighted by molar-refractivity contribution is -0.124. The van der Waals surface area contributed by atoms with E-state index in [1.807, 2.05) is 6.07 Å². The summed E-state index contributed by atoms with van der Waals surface area (Å²) in [6.45, 7) is 5.01. The number of rotatable bonds is 10. The normalized spacial score (nSPS) is 16.9. The predicted molar refractivity (Wildman–Crippen MR) is 116 cm³/mol. The lowest BCUT2D eigenvalue weighted by Gasteiger charge is -2.35. The van der Waals surface area contributed by atoms with Gasteiger partial charge in [-0.3, -0.25) is 9.59 Å². The summed E-state index contributed by atoms with van der Waals surface area (Å²) >= 11 is 0. The lowest BCUT2D eigenvalue weighted by Crippen LogP contribution is -2.54. The van der Waals surface area contributed by atoms with Gasteiger partial charge >= 0.3 is 0 Å². The van der Waals surface area contributed by atoms with Gasteiger partial charge in [-0.1, -0.05) is 18.2 Å². The number of amides is 2. The van der Waals surface area contributed by atoms with Crippen LogP contribution in [0.5, 0.6) is 0 Å². The second kappa shape index (κ2) is 11.4. The van der Waals surface area contributed by atoms with Gasteiger partial charge in [-0.05, 0) is 51.2 Å². The van der Waals surface area contributed by atoms with Gasteiger partial charge in [0.25, 0.3) is 5.91 Å². The second-order valence-electron chi connectivity index (χ2n) is 7.78. The molecule has 1 aromatic rings. The number of hydrogen-bond acceptors (Lipinski definition) is 5. The molecule has 1 heterocycles. The van der Waals surface area contributed by atoms with Gasteiger partial charge < -0.3 is 15.4 Å². The predicted octanol–water partition coefficient (Wildman–Crippen LogP) is 1.39. The first-order chi connectivity index (χ1) is 14.3. The average Bonchev–Trinajstić information content (AvgIpc) is 2.75. The first kappa shape index (κ1) is 24.3. The highest BCUT2D eigenvalue weighted by atomic mass is 32.2. The highest BCUT2D eigenvalue weighted by Crippen LogP contribution is 2.24. The van der Waals surface area contributed by atoms with Gasteiger partial charge in [-0.2, -0.15) is 0 Å². The van der Waals surface area contributed by atoms with Crippen LogP contribution in [0.4, 0.5) is 0 Å². The molecule has 1 aromatic carbocycles. The standard InChI is InChI=1S/C21H33N3O5S/c1-16(2)30(27,28)24-13-10-17(11-14-24)19(21(26)22-12-7-15-29-3)23-20(25)18-8-5-4-6-9-18/h4-6,8-9,16-17,19H,7,10-15H2,1-3H3,(H,22,26)(H,23,25). The number of sulfonamides is 1. The number of nitrogens with one attached hydrogen (secondary N) is 2. The summed E-state index contributed by atoms with van der Waals surface area (Å²) in [5.74, 6) is -0.705. The summed E-state index contributed by atoms with van der Waals surface area (Å²) in [5.41, 5.74) is 0.481. The Bertz CT molecular complexity index is 790. The largest absolute Gasteiger partial charge is 0.385 e. The smallest absolute Gasteiger partial charge is 0.251 e. The lowest BCUT2D eigenvalue weighted by atomic mass is 9.89. The molecule has 0 saturated carbocycles. The van der Waals surface area contributed by atoms with E-state index in [-0.39, 0.29) is 17.7 Å². The zero-order valence-corrected chi connectivity index (χ0v) is 18.8. The maximum absolute atomic E-state index is 12.9. The Morgan fingerprint density at radius 3 is 2.37 bits per heavy atom. The summed E-state index contributed by atoms with van der Waals surface area (Å²) < 4.78 is 31.3. The van der Waals surface area contributed by atoms with Gasteiger partial charge in [0, 0.05) is 38.9 Å². The van der Waals surface area contributed by atoms with Gasteiger partial charge in [-0.25, -0.2) is 12.7 Å². The SMILES string of the molecule is COCCCNC(=O)C(NC(=O)c1ccccc1)C1CCN(S(=O)(=O)C(C)C)CC1. The van der Waals surface area contributed by atoms with Crippen molar-refractivity contribution in [1.29, 1.82) is 0 Å². The van der Waals surface area contributed by atoms with E-state index >= 15 is 0 Å². The van der Waals surface area contributed by atoms with Crippen LogP contribution >= 0.6 is 0 Å². The molecular weight excluding hydrogens is 406 g/mol. The molecule has 0 spiro atoms. The fourth-order valence-electron chi connectivity index (χ4n) is 3.51. The molecule has 1 aliphatic heterocycles. The van der Waals surface area contributed by atoms with E-state index in [1.54, 1.807) is 45.2 Å². The quantitative estimate of drug-likeness (QED) is 0.536.